The number of halogens is 1. The maximum atomic E-state index is 5.58. The van der Waals surface area contributed by atoms with Crippen LogP contribution in [-0.4, -0.2) is 10.2 Å². The molecule has 0 aliphatic heterocycles. The molecular weight excluding hydrogens is 180 g/mol. The van der Waals surface area contributed by atoms with Gasteiger partial charge in [0.15, 0.2) is 0 Å². The molecular formula is C7H11ClN2S. The molecule has 2 nitrogen and oxygen atoms in total. The highest BCUT2D eigenvalue weighted by Gasteiger charge is 2.04. The van der Waals surface area contributed by atoms with Gasteiger partial charge in [0.2, 0.25) is 0 Å². The van der Waals surface area contributed by atoms with Gasteiger partial charge in [0, 0.05) is 6.42 Å². The molecule has 0 saturated carbocycles. The highest BCUT2D eigenvalue weighted by molar-refractivity contribution is 7.11. The van der Waals surface area contributed by atoms with Gasteiger partial charge in [-0.15, -0.1) is 33.1 Å². The third-order valence-electron chi connectivity index (χ3n) is 1.21. The number of nitrogens with zero attached hydrogens (tertiary/aromatic N) is 2. The maximum Gasteiger partial charge on any atom is 0.132 e. The van der Waals surface area contributed by atoms with Crippen molar-refractivity contribution in [2.75, 3.05) is 0 Å². The van der Waals surface area contributed by atoms with E-state index in [1.165, 1.54) is 0 Å². The van der Waals surface area contributed by atoms with E-state index in [0.717, 1.165) is 16.4 Å². The van der Waals surface area contributed by atoms with E-state index in [2.05, 4.69) is 24.0 Å². The smallest absolute Gasteiger partial charge is 0.132 e. The van der Waals surface area contributed by atoms with Crippen molar-refractivity contribution in [1.82, 2.24) is 10.2 Å². The largest absolute Gasteiger partial charge is 0.144 e. The Balaban J connectivity index is 2.58. The predicted molar refractivity (Wildman–Crippen MR) is 48.0 cm³/mol. The molecule has 1 aromatic heterocycles. The van der Waals surface area contributed by atoms with Crippen molar-refractivity contribution in [3.63, 3.8) is 0 Å². The van der Waals surface area contributed by atoms with Crippen molar-refractivity contribution < 1.29 is 0 Å². The van der Waals surface area contributed by atoms with Crippen LogP contribution in [0, 0.1) is 5.92 Å². The fourth-order valence-corrected chi connectivity index (χ4v) is 1.90. The molecule has 0 spiro atoms. The molecule has 0 aromatic carbocycles. The van der Waals surface area contributed by atoms with Crippen LogP contribution < -0.4 is 0 Å². The summed E-state index contributed by atoms with van der Waals surface area (Å²) in [7, 11) is 0. The average Bonchev–Trinajstić information content (AvgIpc) is 2.34. The number of alkyl halides is 1. The van der Waals surface area contributed by atoms with Crippen molar-refractivity contribution in [2.45, 2.75) is 26.1 Å². The van der Waals surface area contributed by atoms with Crippen LogP contribution in [0.4, 0.5) is 0 Å². The van der Waals surface area contributed by atoms with Crippen molar-refractivity contribution in [3.8, 4) is 0 Å². The van der Waals surface area contributed by atoms with Crippen molar-refractivity contribution in [1.29, 1.82) is 0 Å². The third kappa shape index (κ3) is 2.75. The van der Waals surface area contributed by atoms with E-state index < -0.39 is 0 Å². The fourth-order valence-electron chi connectivity index (χ4n) is 0.774. The highest BCUT2D eigenvalue weighted by Crippen LogP contribution is 2.14. The van der Waals surface area contributed by atoms with E-state index in [1.807, 2.05) is 0 Å². The number of aromatic nitrogens is 2. The van der Waals surface area contributed by atoms with Crippen LogP contribution >= 0.6 is 22.9 Å². The fraction of sp³-hybridized carbons (Fsp3) is 0.714. The summed E-state index contributed by atoms with van der Waals surface area (Å²) < 4.78 is 0. The van der Waals surface area contributed by atoms with Gasteiger partial charge in [0.05, 0.1) is 5.88 Å². The Kier molecular flexibility index (Phi) is 3.27. The zero-order chi connectivity index (χ0) is 8.27. The van der Waals surface area contributed by atoms with Gasteiger partial charge in [-0.3, -0.25) is 0 Å². The zero-order valence-corrected chi connectivity index (χ0v) is 8.24. The van der Waals surface area contributed by atoms with Crippen LogP contribution in [0.3, 0.4) is 0 Å². The number of hydrogen-bond acceptors (Lipinski definition) is 3. The summed E-state index contributed by atoms with van der Waals surface area (Å²) in [5.74, 6) is 1.13. The second-order valence-electron chi connectivity index (χ2n) is 2.82. The van der Waals surface area contributed by atoms with E-state index >= 15 is 0 Å². The second kappa shape index (κ2) is 4.02. The Hall–Kier alpha value is -0.150. The number of hydrogen-bond donors (Lipinski definition) is 0. The molecule has 1 aromatic rings. The van der Waals surface area contributed by atoms with E-state index in [4.69, 9.17) is 11.6 Å². The Bertz CT molecular complexity index is 222. The van der Waals surface area contributed by atoms with Gasteiger partial charge in [0.25, 0.3) is 0 Å². The summed E-state index contributed by atoms with van der Waals surface area (Å²) in [6.07, 6.45) is 1.01. The minimum Gasteiger partial charge on any atom is -0.144 e. The lowest BCUT2D eigenvalue weighted by Gasteiger charge is -1.96. The predicted octanol–water partition coefficient (Wildman–Crippen LogP) is 2.48. The molecule has 0 radical (unpaired) electrons. The van der Waals surface area contributed by atoms with Crippen molar-refractivity contribution >= 4 is 22.9 Å². The van der Waals surface area contributed by atoms with Crippen LogP contribution in [-0.2, 0) is 12.3 Å². The van der Waals surface area contributed by atoms with Crippen molar-refractivity contribution in [3.05, 3.63) is 10.0 Å². The van der Waals surface area contributed by atoms with E-state index in [-0.39, 0.29) is 0 Å². The first-order valence-electron chi connectivity index (χ1n) is 3.59. The maximum absolute atomic E-state index is 5.58. The van der Waals surface area contributed by atoms with Crippen LogP contribution in [0.2, 0.25) is 0 Å². The molecule has 0 bridgehead atoms. The molecule has 0 amide bonds. The molecule has 0 atom stereocenters. The quantitative estimate of drug-likeness (QED) is 0.685. The first kappa shape index (κ1) is 8.94. The second-order valence-corrected chi connectivity index (χ2v) is 4.24. The van der Waals surface area contributed by atoms with Gasteiger partial charge in [-0.05, 0) is 5.92 Å². The van der Waals surface area contributed by atoms with Crippen LogP contribution in [0.15, 0.2) is 0 Å². The summed E-state index contributed by atoms with van der Waals surface area (Å²) in [5.41, 5.74) is 0. The van der Waals surface area contributed by atoms with Crippen LogP contribution in [0.1, 0.15) is 23.9 Å². The molecule has 0 saturated heterocycles. The lowest BCUT2D eigenvalue weighted by molar-refractivity contribution is 0.639. The Morgan fingerprint density at radius 3 is 2.45 bits per heavy atom. The first-order valence-corrected chi connectivity index (χ1v) is 4.94. The first-order chi connectivity index (χ1) is 5.22. The molecule has 1 heterocycles. The van der Waals surface area contributed by atoms with Crippen LogP contribution in [0.5, 0.6) is 0 Å². The molecule has 11 heavy (non-hydrogen) atoms. The topological polar surface area (TPSA) is 25.8 Å². The summed E-state index contributed by atoms with van der Waals surface area (Å²) in [5, 5.41) is 9.95. The summed E-state index contributed by atoms with van der Waals surface area (Å²) in [4.78, 5) is 0. The van der Waals surface area contributed by atoms with E-state index in [0.29, 0.717) is 11.8 Å². The summed E-state index contributed by atoms with van der Waals surface area (Å²) in [6.45, 7) is 4.34. The van der Waals surface area contributed by atoms with Gasteiger partial charge in [-0.1, -0.05) is 13.8 Å². The van der Waals surface area contributed by atoms with E-state index in [1.54, 1.807) is 11.3 Å². The Morgan fingerprint density at radius 2 is 2.00 bits per heavy atom. The molecule has 1 rings (SSSR count). The third-order valence-corrected chi connectivity index (χ3v) is 2.56. The minimum atomic E-state index is 0.482. The van der Waals surface area contributed by atoms with Gasteiger partial charge in [-0.2, -0.15) is 0 Å². The standard InChI is InChI=1S/C7H11ClN2S/c1-5(2)3-6-9-10-7(4-8)11-6/h5H,3-4H2,1-2H3. The SMILES string of the molecule is CC(C)Cc1nnc(CCl)s1. The normalized spacial score (nSPS) is 10.9. The lowest BCUT2D eigenvalue weighted by atomic mass is 10.1. The molecule has 0 aliphatic rings. The molecule has 0 unspecified atom stereocenters. The Morgan fingerprint density at radius 1 is 1.36 bits per heavy atom. The molecule has 62 valence electrons. The number of rotatable bonds is 3. The Labute approximate surface area is 75.6 Å². The summed E-state index contributed by atoms with van der Waals surface area (Å²) >= 11 is 7.19. The van der Waals surface area contributed by atoms with Gasteiger partial charge in [-0.25, -0.2) is 0 Å². The zero-order valence-electron chi connectivity index (χ0n) is 6.67. The average molecular weight is 191 g/mol. The summed E-state index contributed by atoms with van der Waals surface area (Å²) in [6, 6.07) is 0. The van der Waals surface area contributed by atoms with Gasteiger partial charge < -0.3 is 0 Å². The van der Waals surface area contributed by atoms with E-state index in [9.17, 15) is 0 Å². The highest BCUT2D eigenvalue weighted by atomic mass is 35.5. The van der Waals surface area contributed by atoms with Gasteiger partial charge >= 0.3 is 0 Å². The monoisotopic (exact) mass is 190 g/mol. The lowest BCUT2D eigenvalue weighted by Crippen LogP contribution is -1.92. The molecule has 0 N–H and O–H groups in total. The van der Waals surface area contributed by atoms with Crippen molar-refractivity contribution in [2.24, 2.45) is 5.92 Å². The van der Waals surface area contributed by atoms with Crippen LogP contribution in [0.25, 0.3) is 0 Å². The molecule has 0 fully saturated rings. The molecule has 0 aliphatic carbocycles. The minimum absolute atomic E-state index is 0.482. The van der Waals surface area contributed by atoms with Gasteiger partial charge in [0.1, 0.15) is 10.0 Å². The molecule has 4 heteroatoms.